The van der Waals surface area contributed by atoms with E-state index in [2.05, 4.69) is 16.8 Å². The number of carbonyl (C=O) groups is 1. The number of nitrogens with one attached hydrogen (secondary N) is 1. The molecule has 2 N–H and O–H groups in total. The van der Waals surface area contributed by atoms with Crippen molar-refractivity contribution in [3.63, 3.8) is 0 Å². The molecule has 0 radical (unpaired) electrons. The van der Waals surface area contributed by atoms with Gasteiger partial charge in [-0.05, 0) is 55.1 Å². The number of hydroxylamine groups is 1. The van der Waals surface area contributed by atoms with E-state index in [1.165, 1.54) is 51.5 Å². The van der Waals surface area contributed by atoms with Crippen LogP contribution in [0.5, 0.6) is 0 Å². The fourth-order valence-electron chi connectivity index (χ4n) is 5.70. The lowest BCUT2D eigenvalue weighted by Gasteiger charge is -2.52. The molecule has 2 aliphatic carbocycles. The lowest BCUT2D eigenvalue weighted by atomic mass is 9.55. The Kier molecular flexibility index (Phi) is 5.02. The maximum absolute atomic E-state index is 11.7. The number of nitrogens with zero attached hydrogens (tertiary/aromatic N) is 2. The average molecular weight is 357 g/mol. The zero-order valence-corrected chi connectivity index (χ0v) is 15.8. The van der Waals surface area contributed by atoms with Gasteiger partial charge in [0.2, 0.25) is 0 Å². The van der Waals surface area contributed by atoms with Gasteiger partial charge in [0.05, 0.1) is 5.56 Å². The number of aromatic nitrogens is 1. The summed E-state index contributed by atoms with van der Waals surface area (Å²) in [5.41, 5.74) is 5.09. The Labute approximate surface area is 156 Å². The van der Waals surface area contributed by atoms with E-state index < -0.39 is 5.91 Å². The second-order valence-corrected chi connectivity index (χ2v) is 8.80. The first-order valence-corrected chi connectivity index (χ1v) is 10.3. The molecule has 1 aromatic rings. The van der Waals surface area contributed by atoms with Crippen LogP contribution in [0.1, 0.15) is 79.9 Å². The second kappa shape index (κ2) is 7.28. The summed E-state index contributed by atoms with van der Waals surface area (Å²) in [5.74, 6) is 0.350. The molecular formula is C21H31N3O2. The summed E-state index contributed by atoms with van der Waals surface area (Å²) in [6, 6.07) is 2.45. The molecule has 3 aliphatic rings. The molecule has 2 fully saturated rings. The van der Waals surface area contributed by atoms with E-state index in [0.717, 1.165) is 36.6 Å². The van der Waals surface area contributed by atoms with Crippen LogP contribution in [0.3, 0.4) is 0 Å². The maximum Gasteiger partial charge on any atom is 0.276 e. The molecule has 26 heavy (non-hydrogen) atoms. The highest BCUT2D eigenvalue weighted by Crippen LogP contribution is 2.55. The largest absolute Gasteiger partial charge is 0.295 e. The molecule has 1 spiro atoms. The van der Waals surface area contributed by atoms with Crippen LogP contribution in [-0.4, -0.2) is 33.6 Å². The standard InChI is InChI=1S/C21H31N3O2/c1-2-18-9-19-17(8-16(12-22-19)20(25)23-26)14-24(18)13-15-10-21(11-15)6-4-3-5-7-21/h8,12,15,18,26H,2-7,9-11,13-14H2,1H3,(H,23,25)/t18-/m1/s1. The zero-order valence-electron chi connectivity index (χ0n) is 15.8. The number of hydrogen-bond donors (Lipinski definition) is 2. The van der Waals surface area contributed by atoms with Gasteiger partial charge in [-0.3, -0.25) is 19.9 Å². The molecule has 0 bridgehead atoms. The van der Waals surface area contributed by atoms with Gasteiger partial charge < -0.3 is 0 Å². The number of carbonyl (C=O) groups excluding carboxylic acids is 1. The molecule has 5 nitrogen and oxygen atoms in total. The van der Waals surface area contributed by atoms with E-state index in [4.69, 9.17) is 5.21 Å². The molecule has 0 saturated heterocycles. The summed E-state index contributed by atoms with van der Waals surface area (Å²) in [6.07, 6.45) is 13.7. The van der Waals surface area contributed by atoms with Crippen molar-refractivity contribution in [2.24, 2.45) is 11.3 Å². The normalized spacial score (nSPS) is 25.5. The minimum absolute atomic E-state index is 0.436. The number of rotatable bonds is 4. The van der Waals surface area contributed by atoms with Crippen molar-refractivity contribution < 1.29 is 10.0 Å². The van der Waals surface area contributed by atoms with Crippen LogP contribution in [0.25, 0.3) is 0 Å². The van der Waals surface area contributed by atoms with E-state index in [1.54, 1.807) is 11.7 Å². The minimum atomic E-state index is -0.484. The highest BCUT2D eigenvalue weighted by atomic mass is 16.5. The fourth-order valence-corrected chi connectivity index (χ4v) is 5.70. The molecule has 0 unspecified atom stereocenters. The van der Waals surface area contributed by atoms with Crippen molar-refractivity contribution in [3.8, 4) is 0 Å². The van der Waals surface area contributed by atoms with E-state index in [-0.39, 0.29) is 0 Å². The third-order valence-corrected chi connectivity index (χ3v) is 7.06. The number of hydrogen-bond acceptors (Lipinski definition) is 4. The molecule has 1 amide bonds. The molecule has 0 aromatic carbocycles. The van der Waals surface area contributed by atoms with E-state index >= 15 is 0 Å². The van der Waals surface area contributed by atoms with Gasteiger partial charge >= 0.3 is 0 Å². The SMILES string of the molecule is CC[C@@H]1Cc2ncc(C(=O)NO)cc2CN1CC1CC2(CCCCC2)C1. The number of fused-ring (bicyclic) bond motifs is 1. The topological polar surface area (TPSA) is 65.5 Å². The van der Waals surface area contributed by atoms with Crippen molar-refractivity contribution in [1.82, 2.24) is 15.4 Å². The maximum atomic E-state index is 11.7. The third kappa shape index (κ3) is 3.39. The Morgan fingerprint density at radius 1 is 1.35 bits per heavy atom. The molecule has 142 valence electrons. The van der Waals surface area contributed by atoms with Crippen LogP contribution < -0.4 is 5.48 Å². The van der Waals surface area contributed by atoms with Gasteiger partial charge in [-0.1, -0.05) is 26.2 Å². The average Bonchev–Trinajstić information content (AvgIpc) is 2.66. The second-order valence-electron chi connectivity index (χ2n) is 8.80. The van der Waals surface area contributed by atoms with Gasteiger partial charge in [0.25, 0.3) is 5.91 Å². The molecule has 4 rings (SSSR count). The van der Waals surface area contributed by atoms with Gasteiger partial charge in [0.1, 0.15) is 0 Å². The summed E-state index contributed by atoms with van der Waals surface area (Å²) < 4.78 is 0. The summed E-state index contributed by atoms with van der Waals surface area (Å²) in [7, 11) is 0. The number of pyridine rings is 1. The summed E-state index contributed by atoms with van der Waals surface area (Å²) in [6.45, 7) is 4.31. The highest BCUT2D eigenvalue weighted by molar-refractivity contribution is 5.93. The molecule has 2 heterocycles. The van der Waals surface area contributed by atoms with Crippen molar-refractivity contribution >= 4 is 5.91 Å². The Morgan fingerprint density at radius 3 is 2.81 bits per heavy atom. The first-order chi connectivity index (χ1) is 12.6. The van der Waals surface area contributed by atoms with Crippen molar-refractivity contribution in [1.29, 1.82) is 0 Å². The van der Waals surface area contributed by atoms with E-state index in [9.17, 15) is 4.79 Å². The summed E-state index contributed by atoms with van der Waals surface area (Å²) in [5, 5.41) is 8.87. The van der Waals surface area contributed by atoms with Gasteiger partial charge in [0.15, 0.2) is 0 Å². The fraction of sp³-hybridized carbons (Fsp3) is 0.714. The van der Waals surface area contributed by atoms with Crippen LogP contribution in [0, 0.1) is 11.3 Å². The quantitative estimate of drug-likeness (QED) is 0.637. The lowest BCUT2D eigenvalue weighted by Crippen LogP contribution is -2.48. The van der Waals surface area contributed by atoms with Crippen LogP contribution in [-0.2, 0) is 13.0 Å². The van der Waals surface area contributed by atoms with Gasteiger partial charge in [0, 0.05) is 37.4 Å². The Bertz CT molecular complexity index is 661. The van der Waals surface area contributed by atoms with Crippen molar-refractivity contribution in [2.75, 3.05) is 6.54 Å². The van der Waals surface area contributed by atoms with Crippen molar-refractivity contribution in [3.05, 3.63) is 29.1 Å². The van der Waals surface area contributed by atoms with Gasteiger partial charge in [-0.25, -0.2) is 5.48 Å². The van der Waals surface area contributed by atoms with Crippen LogP contribution in [0.4, 0.5) is 0 Å². The minimum Gasteiger partial charge on any atom is -0.295 e. The monoisotopic (exact) mass is 357 g/mol. The van der Waals surface area contributed by atoms with Crippen LogP contribution in [0.15, 0.2) is 12.3 Å². The van der Waals surface area contributed by atoms with Crippen LogP contribution in [0.2, 0.25) is 0 Å². The Balaban J connectivity index is 1.43. The summed E-state index contributed by atoms with van der Waals surface area (Å²) >= 11 is 0. The molecule has 2 saturated carbocycles. The molecule has 1 atom stereocenters. The summed E-state index contributed by atoms with van der Waals surface area (Å²) in [4.78, 5) is 18.8. The van der Waals surface area contributed by atoms with Crippen molar-refractivity contribution in [2.45, 2.75) is 77.3 Å². The Hall–Kier alpha value is -1.46. The molecule has 1 aliphatic heterocycles. The van der Waals surface area contributed by atoms with E-state index in [0.29, 0.717) is 17.0 Å². The van der Waals surface area contributed by atoms with E-state index in [1.807, 2.05) is 6.07 Å². The van der Waals surface area contributed by atoms with Gasteiger partial charge in [-0.2, -0.15) is 0 Å². The molecule has 1 aromatic heterocycles. The first-order valence-electron chi connectivity index (χ1n) is 10.3. The molecular weight excluding hydrogens is 326 g/mol. The predicted molar refractivity (Wildman–Crippen MR) is 99.9 cm³/mol. The third-order valence-electron chi connectivity index (χ3n) is 7.06. The zero-order chi connectivity index (χ0) is 18.1. The number of amides is 1. The lowest BCUT2D eigenvalue weighted by molar-refractivity contribution is -0.0142. The smallest absolute Gasteiger partial charge is 0.276 e. The first kappa shape index (κ1) is 17.9. The predicted octanol–water partition coefficient (Wildman–Crippen LogP) is 3.70. The Morgan fingerprint density at radius 2 is 2.12 bits per heavy atom. The van der Waals surface area contributed by atoms with Crippen LogP contribution >= 0.6 is 0 Å². The van der Waals surface area contributed by atoms with Gasteiger partial charge in [-0.15, -0.1) is 0 Å². The highest BCUT2D eigenvalue weighted by Gasteiger charge is 2.45. The molecule has 5 heteroatoms.